The van der Waals surface area contributed by atoms with Crippen molar-refractivity contribution in [2.75, 3.05) is 6.54 Å². The standard InChI is InChI=1S/C16H16N2O5/c19-16(20)14-5-2-8-17(14)10-13-6-7-15(23-13)11-3-1-4-12(9-11)18(21)22/h1,3-4,6-7,9,14H,2,5,8,10H2,(H,19,20)/t14-/m1/s1. The predicted octanol–water partition coefficient (Wildman–Crippen LogP) is 2.90. The molecule has 2 heterocycles. The van der Waals surface area contributed by atoms with E-state index in [-0.39, 0.29) is 5.69 Å². The number of hydrogen-bond acceptors (Lipinski definition) is 5. The number of carbonyl (C=O) groups is 1. The lowest BCUT2D eigenvalue weighted by atomic mass is 10.1. The Labute approximate surface area is 132 Å². The van der Waals surface area contributed by atoms with Crippen LogP contribution in [-0.4, -0.2) is 33.5 Å². The summed E-state index contributed by atoms with van der Waals surface area (Å²) < 4.78 is 5.74. The summed E-state index contributed by atoms with van der Waals surface area (Å²) >= 11 is 0. The van der Waals surface area contributed by atoms with Crippen LogP contribution in [0.15, 0.2) is 40.8 Å². The topological polar surface area (TPSA) is 96.8 Å². The van der Waals surface area contributed by atoms with Crippen LogP contribution < -0.4 is 0 Å². The zero-order chi connectivity index (χ0) is 16.4. The molecule has 2 aromatic rings. The van der Waals surface area contributed by atoms with Crippen LogP contribution in [0.3, 0.4) is 0 Å². The summed E-state index contributed by atoms with van der Waals surface area (Å²) in [5.41, 5.74) is 0.632. The smallest absolute Gasteiger partial charge is 0.320 e. The van der Waals surface area contributed by atoms with E-state index >= 15 is 0 Å². The van der Waals surface area contributed by atoms with Crippen molar-refractivity contribution in [3.05, 3.63) is 52.3 Å². The van der Waals surface area contributed by atoms with Crippen molar-refractivity contribution in [3.63, 3.8) is 0 Å². The van der Waals surface area contributed by atoms with Crippen LogP contribution in [-0.2, 0) is 11.3 Å². The molecule has 1 atom stereocenters. The number of rotatable bonds is 5. The molecule has 120 valence electrons. The summed E-state index contributed by atoms with van der Waals surface area (Å²) in [5.74, 6) is 0.377. The van der Waals surface area contributed by atoms with Crippen molar-refractivity contribution in [1.29, 1.82) is 0 Å². The summed E-state index contributed by atoms with van der Waals surface area (Å²) in [5, 5.41) is 20.0. The number of nitrogens with zero attached hydrogens (tertiary/aromatic N) is 2. The highest BCUT2D eigenvalue weighted by atomic mass is 16.6. The molecular weight excluding hydrogens is 300 g/mol. The largest absolute Gasteiger partial charge is 0.480 e. The van der Waals surface area contributed by atoms with Crippen molar-refractivity contribution in [2.45, 2.75) is 25.4 Å². The van der Waals surface area contributed by atoms with Crippen LogP contribution >= 0.6 is 0 Å². The van der Waals surface area contributed by atoms with Gasteiger partial charge in [-0.2, -0.15) is 0 Å². The number of nitro benzene ring substituents is 1. The van der Waals surface area contributed by atoms with E-state index in [9.17, 15) is 20.0 Å². The highest BCUT2D eigenvalue weighted by Gasteiger charge is 2.30. The fourth-order valence-corrected chi connectivity index (χ4v) is 2.89. The van der Waals surface area contributed by atoms with Gasteiger partial charge in [-0.3, -0.25) is 19.8 Å². The molecule has 1 aromatic carbocycles. The normalized spacial score (nSPS) is 18.2. The number of likely N-dealkylation sites (tertiary alicyclic amines) is 1. The molecule has 1 aromatic heterocycles. The van der Waals surface area contributed by atoms with E-state index in [0.29, 0.717) is 30.0 Å². The van der Waals surface area contributed by atoms with Crippen molar-refractivity contribution in [1.82, 2.24) is 4.90 Å². The van der Waals surface area contributed by atoms with Crippen LogP contribution in [0.2, 0.25) is 0 Å². The molecule has 7 heteroatoms. The molecule has 0 amide bonds. The maximum atomic E-state index is 11.2. The molecule has 0 bridgehead atoms. The quantitative estimate of drug-likeness (QED) is 0.673. The van der Waals surface area contributed by atoms with Crippen molar-refractivity contribution < 1.29 is 19.2 Å². The average Bonchev–Trinajstić information content (AvgIpc) is 3.17. The first-order valence-corrected chi connectivity index (χ1v) is 7.35. The van der Waals surface area contributed by atoms with Crippen LogP contribution in [0.4, 0.5) is 5.69 Å². The molecule has 0 spiro atoms. The van der Waals surface area contributed by atoms with Gasteiger partial charge in [0.05, 0.1) is 11.5 Å². The second-order valence-electron chi connectivity index (χ2n) is 5.54. The Bertz CT molecular complexity index is 740. The third-order valence-electron chi connectivity index (χ3n) is 4.01. The van der Waals surface area contributed by atoms with Gasteiger partial charge >= 0.3 is 5.97 Å². The second-order valence-corrected chi connectivity index (χ2v) is 5.54. The summed E-state index contributed by atoms with van der Waals surface area (Å²) in [6, 6.07) is 9.29. The monoisotopic (exact) mass is 316 g/mol. The number of carboxylic acids is 1. The number of carboxylic acid groups (broad SMARTS) is 1. The van der Waals surface area contributed by atoms with E-state index in [0.717, 1.165) is 13.0 Å². The minimum atomic E-state index is -0.812. The van der Waals surface area contributed by atoms with Crippen LogP contribution in [0.1, 0.15) is 18.6 Å². The number of aliphatic carboxylic acids is 1. The first kappa shape index (κ1) is 15.2. The molecule has 7 nitrogen and oxygen atoms in total. The molecule has 23 heavy (non-hydrogen) atoms. The SMILES string of the molecule is O=C(O)[C@H]1CCCN1Cc1ccc(-c2cccc([N+](=O)[O-])c2)o1. The maximum absolute atomic E-state index is 11.2. The molecule has 1 aliphatic rings. The first-order valence-electron chi connectivity index (χ1n) is 7.35. The molecule has 3 rings (SSSR count). The van der Waals surface area contributed by atoms with Crippen LogP contribution in [0.5, 0.6) is 0 Å². The lowest BCUT2D eigenvalue weighted by Crippen LogP contribution is -2.35. The Balaban J connectivity index is 1.77. The zero-order valence-corrected chi connectivity index (χ0v) is 12.3. The highest BCUT2D eigenvalue weighted by Crippen LogP contribution is 2.27. The molecule has 1 fully saturated rings. The first-order chi connectivity index (χ1) is 11.0. The molecule has 1 N–H and O–H groups in total. The summed E-state index contributed by atoms with van der Waals surface area (Å²) in [6.07, 6.45) is 1.50. The minimum absolute atomic E-state index is 0.00549. The van der Waals surface area contributed by atoms with E-state index in [1.165, 1.54) is 12.1 Å². The van der Waals surface area contributed by atoms with Gasteiger partial charge in [-0.1, -0.05) is 12.1 Å². The Morgan fingerprint density at radius 1 is 1.39 bits per heavy atom. The van der Waals surface area contributed by atoms with Gasteiger partial charge in [0.15, 0.2) is 0 Å². The van der Waals surface area contributed by atoms with E-state index < -0.39 is 16.9 Å². The second kappa shape index (κ2) is 6.21. The van der Waals surface area contributed by atoms with Gasteiger partial charge in [0, 0.05) is 17.7 Å². The van der Waals surface area contributed by atoms with E-state index in [2.05, 4.69) is 0 Å². The van der Waals surface area contributed by atoms with Gasteiger partial charge in [0.2, 0.25) is 0 Å². The van der Waals surface area contributed by atoms with Gasteiger partial charge < -0.3 is 9.52 Å². The Hall–Kier alpha value is -2.67. The number of non-ortho nitro benzene ring substituents is 1. The molecule has 0 saturated carbocycles. The number of furan rings is 1. The Kier molecular flexibility index (Phi) is 4.12. The zero-order valence-electron chi connectivity index (χ0n) is 12.3. The maximum Gasteiger partial charge on any atom is 0.320 e. The van der Waals surface area contributed by atoms with Crippen molar-refractivity contribution in [2.24, 2.45) is 0 Å². The van der Waals surface area contributed by atoms with Gasteiger partial charge in [0.25, 0.3) is 5.69 Å². The predicted molar refractivity (Wildman–Crippen MR) is 81.9 cm³/mol. The van der Waals surface area contributed by atoms with Crippen molar-refractivity contribution >= 4 is 11.7 Å². The summed E-state index contributed by atoms with van der Waals surface area (Å²) in [4.78, 5) is 23.5. The lowest BCUT2D eigenvalue weighted by molar-refractivity contribution is -0.384. The molecule has 0 radical (unpaired) electrons. The number of benzene rings is 1. The summed E-state index contributed by atoms with van der Waals surface area (Å²) in [7, 11) is 0. The third-order valence-corrected chi connectivity index (χ3v) is 4.01. The van der Waals surface area contributed by atoms with Gasteiger partial charge in [-0.25, -0.2) is 0 Å². The van der Waals surface area contributed by atoms with Crippen LogP contribution in [0, 0.1) is 10.1 Å². The van der Waals surface area contributed by atoms with Crippen molar-refractivity contribution in [3.8, 4) is 11.3 Å². The Morgan fingerprint density at radius 2 is 2.22 bits per heavy atom. The van der Waals surface area contributed by atoms with E-state index in [1.807, 2.05) is 4.90 Å². The fourth-order valence-electron chi connectivity index (χ4n) is 2.89. The fraction of sp³-hybridized carbons (Fsp3) is 0.312. The third kappa shape index (κ3) is 3.24. The van der Waals surface area contributed by atoms with E-state index in [1.54, 1.807) is 24.3 Å². The summed E-state index contributed by atoms with van der Waals surface area (Å²) in [6.45, 7) is 1.15. The minimum Gasteiger partial charge on any atom is -0.480 e. The van der Waals surface area contributed by atoms with Gasteiger partial charge in [-0.05, 0) is 31.5 Å². The average molecular weight is 316 g/mol. The molecule has 0 aliphatic carbocycles. The highest BCUT2D eigenvalue weighted by molar-refractivity contribution is 5.73. The van der Waals surface area contributed by atoms with Crippen LogP contribution in [0.25, 0.3) is 11.3 Å². The van der Waals surface area contributed by atoms with E-state index in [4.69, 9.17) is 4.42 Å². The van der Waals surface area contributed by atoms with Gasteiger partial charge in [-0.15, -0.1) is 0 Å². The molecule has 1 saturated heterocycles. The molecule has 0 unspecified atom stereocenters. The number of nitro groups is 1. The van der Waals surface area contributed by atoms with Gasteiger partial charge in [0.1, 0.15) is 17.6 Å². The molecular formula is C16H16N2O5. The number of hydrogen-bond donors (Lipinski definition) is 1. The Morgan fingerprint density at radius 3 is 2.96 bits per heavy atom. The lowest BCUT2D eigenvalue weighted by Gasteiger charge is -2.19. The molecule has 1 aliphatic heterocycles.